The quantitative estimate of drug-likeness (QED) is 0.219. The number of rotatable bonds is 9. The molecular formula is C22H29FIN5O2. The van der Waals surface area contributed by atoms with E-state index in [4.69, 9.17) is 4.74 Å². The first-order chi connectivity index (χ1) is 14.6. The summed E-state index contributed by atoms with van der Waals surface area (Å²) in [6, 6.07) is 9.50. The minimum absolute atomic E-state index is 0. The zero-order valence-corrected chi connectivity index (χ0v) is 20.0. The summed E-state index contributed by atoms with van der Waals surface area (Å²) in [5.41, 5.74) is 0.946. The van der Waals surface area contributed by atoms with E-state index < -0.39 is 0 Å². The fourth-order valence-electron chi connectivity index (χ4n) is 3.16. The van der Waals surface area contributed by atoms with Crippen molar-refractivity contribution in [1.29, 1.82) is 0 Å². The molecule has 0 radical (unpaired) electrons. The average Bonchev–Trinajstić information content (AvgIpc) is 3.16. The van der Waals surface area contributed by atoms with Gasteiger partial charge in [0.2, 0.25) is 11.8 Å². The van der Waals surface area contributed by atoms with Crippen molar-refractivity contribution in [3.63, 3.8) is 0 Å². The van der Waals surface area contributed by atoms with E-state index in [9.17, 15) is 9.18 Å². The zero-order valence-electron chi connectivity index (χ0n) is 17.6. The van der Waals surface area contributed by atoms with Crippen LogP contribution in [0.4, 0.5) is 4.39 Å². The first-order valence-electron chi connectivity index (χ1n) is 10.3. The second-order valence-electron chi connectivity index (χ2n) is 7.02. The predicted molar refractivity (Wildman–Crippen MR) is 129 cm³/mol. The lowest BCUT2D eigenvalue weighted by atomic mass is 10.2. The molecule has 168 valence electrons. The van der Waals surface area contributed by atoms with Crippen molar-refractivity contribution in [2.45, 2.75) is 32.7 Å². The Kier molecular flexibility index (Phi) is 10.5. The molecule has 0 saturated carbocycles. The van der Waals surface area contributed by atoms with Crippen LogP contribution in [0.3, 0.4) is 0 Å². The van der Waals surface area contributed by atoms with Crippen molar-refractivity contribution in [3.05, 3.63) is 54.0 Å². The van der Waals surface area contributed by atoms with Crippen molar-refractivity contribution in [2.75, 3.05) is 26.2 Å². The van der Waals surface area contributed by atoms with Crippen LogP contribution in [0.1, 0.15) is 31.7 Å². The highest BCUT2D eigenvalue weighted by atomic mass is 127. The van der Waals surface area contributed by atoms with Gasteiger partial charge in [0, 0.05) is 44.9 Å². The van der Waals surface area contributed by atoms with Crippen LogP contribution in [0.5, 0.6) is 11.6 Å². The van der Waals surface area contributed by atoms with Crippen LogP contribution in [0.2, 0.25) is 0 Å². The SMILES string of the molecule is CCNC(=NCc1ccnc(Oc2ccc(F)cc2)c1)NCCCN1CCCC1=O.I. The Labute approximate surface area is 199 Å². The van der Waals surface area contributed by atoms with Gasteiger partial charge in [-0.05, 0) is 55.7 Å². The molecule has 7 nitrogen and oxygen atoms in total. The number of hydrogen-bond donors (Lipinski definition) is 2. The first kappa shape index (κ1) is 24.8. The molecule has 3 rings (SSSR count). The lowest BCUT2D eigenvalue weighted by Gasteiger charge is -2.16. The fraction of sp³-hybridized carbons (Fsp3) is 0.409. The molecule has 1 aromatic carbocycles. The zero-order chi connectivity index (χ0) is 21.2. The van der Waals surface area contributed by atoms with E-state index in [-0.39, 0.29) is 35.7 Å². The highest BCUT2D eigenvalue weighted by Crippen LogP contribution is 2.20. The van der Waals surface area contributed by atoms with Crippen LogP contribution in [0.15, 0.2) is 47.6 Å². The van der Waals surface area contributed by atoms with E-state index in [0.29, 0.717) is 24.6 Å². The van der Waals surface area contributed by atoms with Crippen molar-refractivity contribution >= 4 is 35.8 Å². The number of guanidine groups is 1. The lowest BCUT2D eigenvalue weighted by molar-refractivity contribution is -0.127. The predicted octanol–water partition coefficient (Wildman–Crippen LogP) is 3.70. The summed E-state index contributed by atoms with van der Waals surface area (Å²) in [7, 11) is 0. The Bertz CT molecular complexity index is 863. The number of hydrogen-bond acceptors (Lipinski definition) is 4. The fourth-order valence-corrected chi connectivity index (χ4v) is 3.16. The van der Waals surface area contributed by atoms with Crippen molar-refractivity contribution in [3.8, 4) is 11.6 Å². The molecule has 31 heavy (non-hydrogen) atoms. The van der Waals surface area contributed by atoms with Crippen molar-refractivity contribution < 1.29 is 13.9 Å². The van der Waals surface area contributed by atoms with E-state index in [1.54, 1.807) is 18.3 Å². The highest BCUT2D eigenvalue weighted by Gasteiger charge is 2.18. The molecule has 1 aromatic heterocycles. The van der Waals surface area contributed by atoms with Gasteiger partial charge in [0.15, 0.2) is 5.96 Å². The van der Waals surface area contributed by atoms with Crippen molar-refractivity contribution in [2.24, 2.45) is 4.99 Å². The lowest BCUT2D eigenvalue weighted by Crippen LogP contribution is -2.39. The molecule has 1 amide bonds. The molecule has 1 aliphatic heterocycles. The Morgan fingerprint density at radius 1 is 1.26 bits per heavy atom. The molecule has 0 bridgehead atoms. The van der Waals surface area contributed by atoms with Gasteiger partial charge >= 0.3 is 0 Å². The summed E-state index contributed by atoms with van der Waals surface area (Å²) in [5.74, 6) is 1.63. The number of carbonyl (C=O) groups is 1. The molecule has 2 heterocycles. The Morgan fingerprint density at radius 3 is 2.77 bits per heavy atom. The van der Waals surface area contributed by atoms with Gasteiger partial charge in [0.1, 0.15) is 11.6 Å². The van der Waals surface area contributed by atoms with E-state index in [1.807, 2.05) is 24.0 Å². The smallest absolute Gasteiger partial charge is 0.222 e. The van der Waals surface area contributed by atoms with Gasteiger partial charge in [-0.15, -0.1) is 24.0 Å². The van der Waals surface area contributed by atoms with Crippen LogP contribution < -0.4 is 15.4 Å². The number of nitrogens with zero attached hydrogens (tertiary/aromatic N) is 3. The highest BCUT2D eigenvalue weighted by molar-refractivity contribution is 14.0. The van der Waals surface area contributed by atoms with Crippen LogP contribution in [0.25, 0.3) is 0 Å². The van der Waals surface area contributed by atoms with Crippen LogP contribution in [0, 0.1) is 5.82 Å². The third kappa shape index (κ3) is 8.31. The van der Waals surface area contributed by atoms with Gasteiger partial charge in [-0.3, -0.25) is 4.79 Å². The molecule has 1 fully saturated rings. The Hall–Kier alpha value is -2.43. The van der Waals surface area contributed by atoms with E-state index >= 15 is 0 Å². The first-order valence-corrected chi connectivity index (χ1v) is 10.3. The maximum Gasteiger partial charge on any atom is 0.222 e. The normalized spacial score (nSPS) is 13.7. The van der Waals surface area contributed by atoms with E-state index in [0.717, 1.165) is 50.5 Å². The molecule has 0 aliphatic carbocycles. The maximum absolute atomic E-state index is 13.0. The second-order valence-corrected chi connectivity index (χ2v) is 7.02. The van der Waals surface area contributed by atoms with Gasteiger partial charge in [0.05, 0.1) is 6.54 Å². The topological polar surface area (TPSA) is 78.9 Å². The molecule has 0 spiro atoms. The average molecular weight is 541 g/mol. The molecule has 1 saturated heterocycles. The number of benzene rings is 1. The van der Waals surface area contributed by atoms with Gasteiger partial charge in [-0.1, -0.05) is 0 Å². The summed E-state index contributed by atoms with van der Waals surface area (Å²) >= 11 is 0. The number of amides is 1. The van der Waals surface area contributed by atoms with Crippen LogP contribution >= 0.6 is 24.0 Å². The van der Waals surface area contributed by atoms with Crippen molar-refractivity contribution in [1.82, 2.24) is 20.5 Å². The number of pyridine rings is 1. The van der Waals surface area contributed by atoms with Crippen LogP contribution in [-0.2, 0) is 11.3 Å². The van der Waals surface area contributed by atoms with E-state index in [1.165, 1.54) is 12.1 Å². The number of aromatic nitrogens is 1. The summed E-state index contributed by atoms with van der Waals surface area (Å²) in [5, 5.41) is 6.53. The third-order valence-electron chi connectivity index (χ3n) is 4.67. The summed E-state index contributed by atoms with van der Waals surface area (Å²) < 4.78 is 18.7. The van der Waals surface area contributed by atoms with Gasteiger partial charge < -0.3 is 20.3 Å². The summed E-state index contributed by atoms with van der Waals surface area (Å²) in [6.07, 6.45) is 4.18. The number of ether oxygens (including phenoxy) is 1. The Balaban J connectivity index is 0.00000341. The number of nitrogens with one attached hydrogen (secondary N) is 2. The molecule has 2 aromatic rings. The summed E-state index contributed by atoms with van der Waals surface area (Å²) in [4.78, 5) is 22.4. The Morgan fingerprint density at radius 2 is 2.06 bits per heavy atom. The minimum Gasteiger partial charge on any atom is -0.439 e. The number of likely N-dealkylation sites (tertiary alicyclic amines) is 1. The molecular weight excluding hydrogens is 512 g/mol. The molecule has 0 atom stereocenters. The number of carbonyl (C=O) groups excluding carboxylic acids is 1. The molecule has 2 N–H and O–H groups in total. The van der Waals surface area contributed by atoms with Crippen LogP contribution in [-0.4, -0.2) is 47.9 Å². The molecule has 1 aliphatic rings. The monoisotopic (exact) mass is 541 g/mol. The van der Waals surface area contributed by atoms with E-state index in [2.05, 4.69) is 20.6 Å². The van der Waals surface area contributed by atoms with Gasteiger partial charge in [0.25, 0.3) is 0 Å². The number of halogens is 2. The third-order valence-corrected chi connectivity index (χ3v) is 4.67. The summed E-state index contributed by atoms with van der Waals surface area (Å²) in [6.45, 7) is 5.62. The second kappa shape index (κ2) is 13.1. The largest absolute Gasteiger partial charge is 0.439 e. The maximum atomic E-state index is 13.0. The standard InChI is InChI=1S/C22H28FN5O2.HI/c1-2-24-22(26-11-4-14-28-13-3-5-21(28)29)27-16-17-10-12-25-20(15-17)30-19-8-6-18(23)7-9-19;/h6-10,12,15H,2-5,11,13-14,16H2,1H3,(H2,24,26,27);1H. The minimum atomic E-state index is -0.311. The molecule has 9 heteroatoms. The number of aliphatic imine (C=N–C) groups is 1. The molecule has 0 unspecified atom stereocenters. The van der Waals surface area contributed by atoms with Gasteiger partial charge in [-0.25, -0.2) is 14.4 Å². The van der Waals surface area contributed by atoms with Gasteiger partial charge in [-0.2, -0.15) is 0 Å².